The number of esters is 1. The number of nitrogens with two attached hydrogens (primary N) is 2. The van der Waals surface area contributed by atoms with Gasteiger partial charge in [-0.3, -0.25) is 4.79 Å². The zero-order valence-corrected chi connectivity index (χ0v) is 12.3. The second-order valence-electron chi connectivity index (χ2n) is 4.59. The Morgan fingerprint density at radius 2 is 2.20 bits per heavy atom. The fourth-order valence-corrected chi connectivity index (χ4v) is 3.39. The molecule has 0 saturated carbocycles. The lowest BCUT2D eigenvalue weighted by molar-refractivity contribution is 0.0607. The summed E-state index contributed by atoms with van der Waals surface area (Å²) < 4.78 is 4.70. The van der Waals surface area contributed by atoms with Gasteiger partial charge in [-0.25, -0.2) is 4.79 Å². The Hall–Kier alpha value is -1.80. The summed E-state index contributed by atoms with van der Waals surface area (Å²) in [5.74, 6) is -0.850. The van der Waals surface area contributed by atoms with Gasteiger partial charge in [0.1, 0.15) is 9.88 Å². The molecular weight excluding hydrogens is 280 g/mol. The molecule has 7 nitrogen and oxygen atoms in total. The molecule has 1 amide bonds. The van der Waals surface area contributed by atoms with Crippen LogP contribution in [0.5, 0.6) is 0 Å². The highest BCUT2D eigenvalue weighted by atomic mass is 32.1. The minimum absolute atomic E-state index is 0.0671. The normalized spacial score (nSPS) is 18.1. The predicted molar refractivity (Wildman–Crippen MR) is 78.3 cm³/mol. The molecule has 1 saturated heterocycles. The third-order valence-corrected chi connectivity index (χ3v) is 4.51. The number of anilines is 2. The van der Waals surface area contributed by atoms with Gasteiger partial charge in [-0.1, -0.05) is 0 Å². The molecule has 1 aromatic heterocycles. The van der Waals surface area contributed by atoms with Crippen LogP contribution in [0.25, 0.3) is 0 Å². The van der Waals surface area contributed by atoms with E-state index < -0.39 is 5.97 Å². The maximum atomic E-state index is 12.0. The number of methoxy groups -OCH3 is 1. The Bertz CT molecular complexity index is 543. The van der Waals surface area contributed by atoms with Crippen molar-refractivity contribution in [3.8, 4) is 0 Å². The standard InChI is InChI=1S/C12H18N4O3S/c1-15-10(17)7-8(14)9(12(18)19-2)20-11(7)16-4-3-6(13)5-16/h6H,3-5,13-14H2,1-2H3,(H,15,17). The largest absolute Gasteiger partial charge is 0.465 e. The lowest BCUT2D eigenvalue weighted by atomic mass is 10.2. The van der Waals surface area contributed by atoms with E-state index in [0.717, 1.165) is 13.0 Å². The summed E-state index contributed by atoms with van der Waals surface area (Å²) in [6, 6.07) is 0.0671. The smallest absolute Gasteiger partial charge is 0.350 e. The molecule has 110 valence electrons. The minimum Gasteiger partial charge on any atom is -0.465 e. The summed E-state index contributed by atoms with van der Waals surface area (Å²) in [5, 5.41) is 3.22. The Labute approximate surface area is 120 Å². The Morgan fingerprint density at radius 1 is 1.50 bits per heavy atom. The number of nitrogens with one attached hydrogen (secondary N) is 1. The summed E-state index contributed by atoms with van der Waals surface area (Å²) in [6.07, 6.45) is 0.846. The number of thiophene rings is 1. The van der Waals surface area contributed by atoms with E-state index in [-0.39, 0.29) is 22.5 Å². The predicted octanol–water partition coefficient (Wildman–Crippen LogP) is 0.0139. The minimum atomic E-state index is -0.535. The fourth-order valence-electron chi connectivity index (χ4n) is 2.21. The first-order chi connectivity index (χ1) is 9.49. The molecule has 0 spiro atoms. The summed E-state index contributed by atoms with van der Waals surface area (Å²) in [6.45, 7) is 1.39. The van der Waals surface area contributed by atoms with E-state index in [1.165, 1.54) is 25.5 Å². The van der Waals surface area contributed by atoms with Crippen LogP contribution in [0.1, 0.15) is 26.5 Å². The van der Waals surface area contributed by atoms with Crippen molar-refractivity contribution in [1.82, 2.24) is 5.32 Å². The van der Waals surface area contributed by atoms with Crippen LogP contribution < -0.4 is 21.7 Å². The third-order valence-electron chi connectivity index (χ3n) is 3.26. The van der Waals surface area contributed by atoms with Crippen LogP contribution in [0, 0.1) is 0 Å². The summed E-state index contributed by atoms with van der Waals surface area (Å²) in [5.41, 5.74) is 12.3. The van der Waals surface area contributed by atoms with Crippen molar-refractivity contribution in [3.05, 3.63) is 10.4 Å². The number of nitrogens with zero attached hydrogens (tertiary/aromatic N) is 1. The maximum absolute atomic E-state index is 12.0. The molecule has 0 aliphatic carbocycles. The van der Waals surface area contributed by atoms with Gasteiger partial charge in [0.15, 0.2) is 0 Å². The Morgan fingerprint density at radius 3 is 2.70 bits per heavy atom. The zero-order valence-electron chi connectivity index (χ0n) is 11.4. The van der Waals surface area contributed by atoms with Crippen LogP contribution in [0.15, 0.2) is 0 Å². The van der Waals surface area contributed by atoms with Gasteiger partial charge in [0.25, 0.3) is 5.91 Å². The van der Waals surface area contributed by atoms with E-state index in [1.807, 2.05) is 4.90 Å². The second-order valence-corrected chi connectivity index (χ2v) is 5.59. The van der Waals surface area contributed by atoms with E-state index in [2.05, 4.69) is 5.32 Å². The number of nitrogen functional groups attached to an aromatic ring is 1. The number of ether oxygens (including phenoxy) is 1. The molecule has 0 bridgehead atoms. The molecular formula is C12H18N4O3S. The number of carbonyl (C=O) groups is 2. The van der Waals surface area contributed by atoms with Crippen molar-refractivity contribution >= 4 is 33.9 Å². The first-order valence-electron chi connectivity index (χ1n) is 6.22. The van der Waals surface area contributed by atoms with Crippen LogP contribution >= 0.6 is 11.3 Å². The molecule has 1 atom stereocenters. The van der Waals surface area contributed by atoms with E-state index >= 15 is 0 Å². The number of carbonyl (C=O) groups excluding carboxylic acids is 2. The quantitative estimate of drug-likeness (QED) is 0.678. The van der Waals surface area contributed by atoms with Gasteiger partial charge < -0.3 is 26.4 Å². The third kappa shape index (κ3) is 2.44. The molecule has 1 aromatic rings. The highest BCUT2D eigenvalue weighted by molar-refractivity contribution is 7.19. The number of amides is 1. The topological polar surface area (TPSA) is 111 Å². The average Bonchev–Trinajstić information content (AvgIpc) is 3.01. The van der Waals surface area contributed by atoms with Crippen LogP contribution in [0.3, 0.4) is 0 Å². The molecule has 20 heavy (non-hydrogen) atoms. The van der Waals surface area contributed by atoms with Crippen LogP contribution in [0.2, 0.25) is 0 Å². The number of hydrogen-bond acceptors (Lipinski definition) is 7. The summed E-state index contributed by atoms with van der Waals surface area (Å²) in [7, 11) is 2.81. The number of rotatable bonds is 3. The lowest BCUT2D eigenvalue weighted by Gasteiger charge is -2.17. The molecule has 2 heterocycles. The molecule has 1 aliphatic rings. The SMILES string of the molecule is CNC(=O)c1c(N2CCC(N)C2)sc(C(=O)OC)c1N. The van der Waals surface area contributed by atoms with Crippen LogP contribution in [-0.4, -0.2) is 45.2 Å². The van der Waals surface area contributed by atoms with Gasteiger partial charge >= 0.3 is 5.97 Å². The van der Waals surface area contributed by atoms with Crippen LogP contribution in [0.4, 0.5) is 10.7 Å². The molecule has 0 radical (unpaired) electrons. The molecule has 0 aromatic carbocycles. The first kappa shape index (κ1) is 14.6. The van der Waals surface area contributed by atoms with E-state index in [1.54, 1.807) is 0 Å². The average molecular weight is 298 g/mol. The van der Waals surface area contributed by atoms with Crippen molar-refractivity contribution in [2.75, 3.05) is 37.9 Å². The molecule has 1 aliphatic heterocycles. The zero-order chi connectivity index (χ0) is 14.9. The molecule has 1 unspecified atom stereocenters. The van der Waals surface area contributed by atoms with Crippen LogP contribution in [-0.2, 0) is 4.74 Å². The van der Waals surface area contributed by atoms with Crippen molar-refractivity contribution in [1.29, 1.82) is 0 Å². The Balaban J connectivity index is 2.48. The maximum Gasteiger partial charge on any atom is 0.350 e. The molecule has 8 heteroatoms. The van der Waals surface area contributed by atoms with Crippen molar-refractivity contribution in [3.63, 3.8) is 0 Å². The highest BCUT2D eigenvalue weighted by Crippen LogP contribution is 2.39. The fraction of sp³-hybridized carbons (Fsp3) is 0.500. The van der Waals surface area contributed by atoms with E-state index in [4.69, 9.17) is 16.2 Å². The molecule has 1 fully saturated rings. The molecule has 2 rings (SSSR count). The van der Waals surface area contributed by atoms with E-state index in [0.29, 0.717) is 17.1 Å². The van der Waals surface area contributed by atoms with Gasteiger partial charge in [0.2, 0.25) is 0 Å². The molecule has 5 N–H and O–H groups in total. The monoisotopic (exact) mass is 298 g/mol. The summed E-state index contributed by atoms with van der Waals surface area (Å²) in [4.78, 5) is 26.0. The van der Waals surface area contributed by atoms with Crippen molar-refractivity contribution < 1.29 is 14.3 Å². The first-order valence-corrected chi connectivity index (χ1v) is 7.04. The summed E-state index contributed by atoms with van der Waals surface area (Å²) >= 11 is 1.17. The van der Waals surface area contributed by atoms with Crippen molar-refractivity contribution in [2.24, 2.45) is 5.73 Å². The number of hydrogen-bond donors (Lipinski definition) is 3. The second kappa shape index (κ2) is 5.68. The van der Waals surface area contributed by atoms with Gasteiger partial charge in [-0.2, -0.15) is 0 Å². The van der Waals surface area contributed by atoms with E-state index in [9.17, 15) is 9.59 Å². The van der Waals surface area contributed by atoms with Gasteiger partial charge in [-0.05, 0) is 6.42 Å². The lowest BCUT2D eigenvalue weighted by Crippen LogP contribution is -2.28. The van der Waals surface area contributed by atoms with Gasteiger partial charge in [-0.15, -0.1) is 11.3 Å². The highest BCUT2D eigenvalue weighted by Gasteiger charge is 2.31. The van der Waals surface area contributed by atoms with Gasteiger partial charge in [0.05, 0.1) is 18.4 Å². The van der Waals surface area contributed by atoms with Gasteiger partial charge in [0, 0.05) is 26.2 Å². The Kier molecular flexibility index (Phi) is 4.15. The van der Waals surface area contributed by atoms with Crippen molar-refractivity contribution in [2.45, 2.75) is 12.5 Å².